The highest BCUT2D eigenvalue weighted by Crippen LogP contribution is 2.34. The van der Waals surface area contributed by atoms with Gasteiger partial charge in [-0.2, -0.15) is 0 Å². The minimum Gasteiger partial charge on any atom is -0.345 e. The minimum atomic E-state index is -0.174. The van der Waals surface area contributed by atoms with Gasteiger partial charge in [0.05, 0.1) is 23.4 Å². The van der Waals surface area contributed by atoms with E-state index in [9.17, 15) is 4.79 Å². The molecule has 1 aliphatic heterocycles. The Kier molecular flexibility index (Phi) is 5.74. The molecule has 162 valence electrons. The van der Waals surface area contributed by atoms with Crippen LogP contribution in [0.3, 0.4) is 0 Å². The summed E-state index contributed by atoms with van der Waals surface area (Å²) < 4.78 is 0. The molecule has 33 heavy (non-hydrogen) atoms. The predicted molar refractivity (Wildman–Crippen MR) is 131 cm³/mol. The van der Waals surface area contributed by atoms with Gasteiger partial charge in [0, 0.05) is 41.9 Å². The van der Waals surface area contributed by atoms with Gasteiger partial charge in [-0.25, -0.2) is 4.98 Å². The average molecular weight is 434 g/mol. The molecule has 6 nitrogen and oxygen atoms in total. The Hall–Kier alpha value is -4.16. The number of fused-ring (bicyclic) bond motifs is 1. The third-order valence-corrected chi connectivity index (χ3v) is 5.70. The number of carbonyl (C=O) groups excluding carboxylic acids is 1. The fourth-order valence-corrected chi connectivity index (χ4v) is 3.93. The monoisotopic (exact) mass is 433 g/mol. The topological polar surface area (TPSA) is 93.3 Å². The van der Waals surface area contributed by atoms with Gasteiger partial charge < -0.3 is 11.1 Å². The number of hydrogen-bond donors (Lipinski definition) is 2. The van der Waals surface area contributed by atoms with Gasteiger partial charge in [-0.1, -0.05) is 60.7 Å². The van der Waals surface area contributed by atoms with E-state index in [4.69, 9.17) is 10.7 Å². The molecule has 1 amide bonds. The normalized spacial score (nSPS) is 12.7. The maximum absolute atomic E-state index is 12.4. The molecule has 2 aromatic heterocycles. The van der Waals surface area contributed by atoms with E-state index in [0.29, 0.717) is 25.2 Å². The zero-order valence-electron chi connectivity index (χ0n) is 18.0. The van der Waals surface area contributed by atoms with E-state index in [0.717, 1.165) is 44.5 Å². The van der Waals surface area contributed by atoms with Crippen LogP contribution in [0.4, 0.5) is 0 Å². The Morgan fingerprint density at radius 1 is 1.00 bits per heavy atom. The summed E-state index contributed by atoms with van der Waals surface area (Å²) in [7, 11) is 0. The lowest BCUT2D eigenvalue weighted by Crippen LogP contribution is -2.30. The zero-order valence-corrected chi connectivity index (χ0v) is 18.0. The van der Waals surface area contributed by atoms with Crippen LogP contribution in [-0.2, 0) is 17.9 Å². The number of benzene rings is 2. The molecule has 0 radical (unpaired) electrons. The number of carbonyl (C=O) groups is 1. The number of pyridine rings is 2. The first-order chi connectivity index (χ1) is 16.2. The van der Waals surface area contributed by atoms with Crippen LogP contribution < -0.4 is 11.1 Å². The van der Waals surface area contributed by atoms with Crippen molar-refractivity contribution < 1.29 is 4.79 Å². The number of nitrogens with zero attached hydrogens (tertiary/aromatic N) is 3. The molecular weight excluding hydrogens is 410 g/mol. The number of aliphatic imine (C=N–C) groups is 1. The van der Waals surface area contributed by atoms with Crippen molar-refractivity contribution in [1.82, 2.24) is 15.3 Å². The van der Waals surface area contributed by atoms with E-state index in [1.54, 1.807) is 12.4 Å². The summed E-state index contributed by atoms with van der Waals surface area (Å²) in [5.74, 6) is -0.174. The third-order valence-electron chi connectivity index (χ3n) is 5.70. The van der Waals surface area contributed by atoms with Gasteiger partial charge in [-0.3, -0.25) is 14.8 Å². The molecule has 0 saturated carbocycles. The first kappa shape index (κ1) is 20.7. The van der Waals surface area contributed by atoms with Gasteiger partial charge in [0.15, 0.2) is 0 Å². The van der Waals surface area contributed by atoms with Crippen LogP contribution in [0.15, 0.2) is 90.2 Å². The minimum absolute atomic E-state index is 0.174. The van der Waals surface area contributed by atoms with E-state index in [1.165, 1.54) is 0 Å². The Balaban J connectivity index is 1.58. The highest BCUT2D eigenvalue weighted by molar-refractivity contribution is 6.39. The summed E-state index contributed by atoms with van der Waals surface area (Å²) in [6.45, 7) is 0.801. The molecule has 0 unspecified atom stereocenters. The second-order valence-electron chi connectivity index (χ2n) is 7.82. The van der Waals surface area contributed by atoms with Crippen LogP contribution in [-0.4, -0.2) is 21.6 Å². The van der Waals surface area contributed by atoms with Crippen molar-refractivity contribution in [2.24, 2.45) is 10.7 Å². The number of nitrogens with one attached hydrogen (secondary N) is 1. The van der Waals surface area contributed by atoms with Crippen molar-refractivity contribution in [3.63, 3.8) is 0 Å². The molecule has 0 saturated heterocycles. The molecule has 0 bridgehead atoms. The van der Waals surface area contributed by atoms with E-state index in [-0.39, 0.29) is 5.91 Å². The molecule has 0 spiro atoms. The Labute approximate surface area is 191 Å². The number of amides is 1. The Bertz CT molecular complexity index is 1380. The van der Waals surface area contributed by atoms with Crippen molar-refractivity contribution in [2.45, 2.75) is 19.5 Å². The fourth-order valence-electron chi connectivity index (χ4n) is 3.93. The Morgan fingerprint density at radius 2 is 1.82 bits per heavy atom. The van der Waals surface area contributed by atoms with Crippen molar-refractivity contribution in [2.75, 3.05) is 0 Å². The molecule has 3 heterocycles. The first-order valence-electron chi connectivity index (χ1n) is 10.9. The highest BCUT2D eigenvalue weighted by Gasteiger charge is 2.16. The number of aromatic nitrogens is 2. The van der Waals surface area contributed by atoms with Crippen LogP contribution in [0.2, 0.25) is 0 Å². The Morgan fingerprint density at radius 3 is 2.55 bits per heavy atom. The number of rotatable bonds is 6. The molecular formula is C27H23N5O. The van der Waals surface area contributed by atoms with E-state index in [2.05, 4.69) is 45.6 Å². The second kappa shape index (κ2) is 9.14. The molecule has 5 rings (SSSR count). The quantitative estimate of drug-likeness (QED) is 0.471. The SMILES string of the molecule is NCc1ccc(-c2nc3ccnc(CNC(=O)C4=NC=CC4)c3cc2-c2ccccc2)cc1. The number of hydrogen-bond acceptors (Lipinski definition) is 5. The van der Waals surface area contributed by atoms with Gasteiger partial charge in [0.1, 0.15) is 5.71 Å². The predicted octanol–water partition coefficient (Wildman–Crippen LogP) is 4.40. The van der Waals surface area contributed by atoms with Gasteiger partial charge >= 0.3 is 0 Å². The van der Waals surface area contributed by atoms with Crippen molar-refractivity contribution >= 4 is 22.5 Å². The van der Waals surface area contributed by atoms with Crippen molar-refractivity contribution in [3.8, 4) is 22.4 Å². The van der Waals surface area contributed by atoms with Crippen LogP contribution in [0.1, 0.15) is 17.7 Å². The van der Waals surface area contributed by atoms with Crippen LogP contribution in [0.5, 0.6) is 0 Å². The maximum atomic E-state index is 12.4. The molecule has 0 atom stereocenters. The molecule has 2 aromatic carbocycles. The van der Waals surface area contributed by atoms with Crippen LogP contribution >= 0.6 is 0 Å². The lowest BCUT2D eigenvalue weighted by Gasteiger charge is -2.14. The maximum Gasteiger partial charge on any atom is 0.266 e. The largest absolute Gasteiger partial charge is 0.345 e. The molecule has 3 N–H and O–H groups in total. The molecule has 0 aliphatic carbocycles. The average Bonchev–Trinajstić information content (AvgIpc) is 3.42. The van der Waals surface area contributed by atoms with Gasteiger partial charge in [0.2, 0.25) is 0 Å². The van der Waals surface area contributed by atoms with Crippen LogP contribution in [0.25, 0.3) is 33.3 Å². The van der Waals surface area contributed by atoms with E-state index >= 15 is 0 Å². The number of nitrogens with two attached hydrogens (primary N) is 1. The second-order valence-corrected chi connectivity index (χ2v) is 7.82. The van der Waals surface area contributed by atoms with Gasteiger partial charge in [-0.05, 0) is 23.3 Å². The zero-order chi connectivity index (χ0) is 22.6. The molecule has 4 aromatic rings. The van der Waals surface area contributed by atoms with E-state index < -0.39 is 0 Å². The third kappa shape index (κ3) is 4.29. The molecule has 0 fully saturated rings. The standard InChI is InChI=1S/C27H23N5O/c28-16-18-8-10-20(11-9-18)26-21(19-5-2-1-3-6-19)15-22-23(32-26)12-14-30-25(22)17-31-27(33)24-7-4-13-29-24/h1-6,8-15H,7,16-17,28H2,(H,31,33). The summed E-state index contributed by atoms with van der Waals surface area (Å²) in [4.78, 5) is 26.1. The number of allylic oxidation sites excluding steroid dienone is 1. The van der Waals surface area contributed by atoms with E-state index in [1.807, 2.05) is 42.5 Å². The molecule has 1 aliphatic rings. The summed E-state index contributed by atoms with van der Waals surface area (Å²) in [5, 5.41) is 3.85. The summed E-state index contributed by atoms with van der Waals surface area (Å²) >= 11 is 0. The van der Waals surface area contributed by atoms with Crippen LogP contribution in [0, 0.1) is 0 Å². The summed E-state index contributed by atoms with van der Waals surface area (Å²) in [6, 6.07) is 22.4. The molecule has 6 heteroatoms. The van der Waals surface area contributed by atoms with Gasteiger partial charge in [-0.15, -0.1) is 0 Å². The van der Waals surface area contributed by atoms with Crippen molar-refractivity contribution in [3.05, 3.63) is 96.5 Å². The summed E-state index contributed by atoms with van der Waals surface area (Å²) in [5.41, 5.74) is 12.9. The lowest BCUT2D eigenvalue weighted by molar-refractivity contribution is -0.115. The first-order valence-corrected chi connectivity index (χ1v) is 10.9. The summed E-state index contributed by atoms with van der Waals surface area (Å²) in [6.07, 6.45) is 5.81. The van der Waals surface area contributed by atoms with Gasteiger partial charge in [0.25, 0.3) is 5.91 Å². The lowest BCUT2D eigenvalue weighted by atomic mass is 9.96. The fraction of sp³-hybridized carbons (Fsp3) is 0.111. The highest BCUT2D eigenvalue weighted by atomic mass is 16.1. The van der Waals surface area contributed by atoms with Crippen molar-refractivity contribution in [1.29, 1.82) is 0 Å². The smallest absolute Gasteiger partial charge is 0.266 e.